The van der Waals surface area contributed by atoms with Gasteiger partial charge in [-0.1, -0.05) is 22.0 Å². The molecule has 2 aromatic carbocycles. The van der Waals surface area contributed by atoms with Crippen LogP contribution in [-0.4, -0.2) is 32.9 Å². The number of hydrogen-bond donors (Lipinski definition) is 0. The summed E-state index contributed by atoms with van der Waals surface area (Å²) < 4.78 is 21.7. The van der Waals surface area contributed by atoms with Crippen LogP contribution < -0.4 is 19.1 Å². The Bertz CT molecular complexity index is 1120. The molecule has 30 heavy (non-hydrogen) atoms. The van der Waals surface area contributed by atoms with Gasteiger partial charge in [-0.2, -0.15) is 0 Å². The monoisotopic (exact) mass is 471 g/mol. The summed E-state index contributed by atoms with van der Waals surface area (Å²) in [5.41, 5.74) is 2.16. The summed E-state index contributed by atoms with van der Waals surface area (Å²) in [5, 5.41) is 0. The molecule has 0 saturated heterocycles. The van der Waals surface area contributed by atoms with Crippen LogP contribution in [0.2, 0.25) is 0 Å². The molecule has 0 aliphatic carbocycles. The van der Waals surface area contributed by atoms with Crippen LogP contribution in [-0.2, 0) is 14.3 Å². The molecular weight excluding hydrogens is 454 g/mol. The Morgan fingerprint density at radius 2 is 1.90 bits per heavy atom. The fourth-order valence-electron chi connectivity index (χ4n) is 3.44. The van der Waals surface area contributed by atoms with E-state index in [1.807, 2.05) is 0 Å². The van der Waals surface area contributed by atoms with Crippen molar-refractivity contribution in [2.24, 2.45) is 0 Å². The van der Waals surface area contributed by atoms with Crippen LogP contribution in [0.15, 0.2) is 57.7 Å². The number of esters is 1. The van der Waals surface area contributed by atoms with Crippen LogP contribution in [0.5, 0.6) is 17.2 Å². The van der Waals surface area contributed by atoms with Gasteiger partial charge < -0.3 is 18.9 Å². The molecule has 2 heterocycles. The second kappa shape index (κ2) is 7.87. The summed E-state index contributed by atoms with van der Waals surface area (Å²) in [5.74, 6) is 0.851. The normalized spacial score (nSPS) is 16.5. The predicted octanol–water partition coefficient (Wildman–Crippen LogP) is 4.06. The maximum Gasteiger partial charge on any atom is 0.340 e. The van der Waals surface area contributed by atoms with Crippen molar-refractivity contribution in [2.45, 2.75) is 6.92 Å². The Labute approximate surface area is 181 Å². The van der Waals surface area contributed by atoms with Crippen LogP contribution in [0.1, 0.15) is 12.5 Å². The number of anilines is 1. The lowest BCUT2D eigenvalue weighted by molar-refractivity contribution is -0.136. The van der Waals surface area contributed by atoms with Crippen molar-refractivity contribution in [2.75, 3.05) is 25.9 Å². The van der Waals surface area contributed by atoms with Gasteiger partial charge in [-0.15, -0.1) is 0 Å². The van der Waals surface area contributed by atoms with Gasteiger partial charge in [0, 0.05) is 16.2 Å². The minimum absolute atomic E-state index is 0.136. The van der Waals surface area contributed by atoms with E-state index in [9.17, 15) is 9.59 Å². The van der Waals surface area contributed by atoms with Crippen molar-refractivity contribution in [1.29, 1.82) is 0 Å². The fraction of sp³-hybridized carbons (Fsp3) is 0.182. The molecule has 0 saturated carbocycles. The molecule has 0 unspecified atom stereocenters. The van der Waals surface area contributed by atoms with Crippen LogP contribution >= 0.6 is 15.9 Å². The summed E-state index contributed by atoms with van der Waals surface area (Å²) in [6, 6.07) is 10.6. The van der Waals surface area contributed by atoms with Gasteiger partial charge in [0.2, 0.25) is 6.79 Å². The van der Waals surface area contributed by atoms with Crippen LogP contribution in [0.3, 0.4) is 0 Å². The maximum absolute atomic E-state index is 13.4. The van der Waals surface area contributed by atoms with Crippen molar-refractivity contribution >= 4 is 39.6 Å². The Kier molecular flexibility index (Phi) is 5.26. The Morgan fingerprint density at radius 3 is 2.60 bits per heavy atom. The molecule has 0 spiro atoms. The summed E-state index contributed by atoms with van der Waals surface area (Å²) in [6.07, 6.45) is 1.64. The maximum atomic E-state index is 13.4. The zero-order valence-electron chi connectivity index (χ0n) is 16.5. The number of carbonyl (C=O) groups is 2. The van der Waals surface area contributed by atoms with Crippen molar-refractivity contribution in [3.8, 4) is 17.2 Å². The van der Waals surface area contributed by atoms with E-state index < -0.39 is 5.97 Å². The van der Waals surface area contributed by atoms with Crippen molar-refractivity contribution in [3.05, 3.63) is 63.3 Å². The Morgan fingerprint density at radius 1 is 1.17 bits per heavy atom. The molecule has 7 nitrogen and oxygen atoms in total. The van der Waals surface area contributed by atoms with Crippen molar-refractivity contribution in [3.63, 3.8) is 0 Å². The highest BCUT2D eigenvalue weighted by Gasteiger charge is 2.38. The average molecular weight is 472 g/mol. The number of allylic oxidation sites excluding steroid dienone is 1. The van der Waals surface area contributed by atoms with Gasteiger partial charge in [0.05, 0.1) is 31.1 Å². The summed E-state index contributed by atoms with van der Waals surface area (Å²) in [6.45, 7) is 1.84. The first-order valence-corrected chi connectivity index (χ1v) is 9.82. The molecule has 8 heteroatoms. The number of carbonyl (C=O) groups excluding carboxylic acids is 2. The van der Waals surface area contributed by atoms with E-state index in [4.69, 9.17) is 18.9 Å². The zero-order chi connectivity index (χ0) is 21.4. The molecular formula is C22H18BrNO6. The second-order valence-corrected chi connectivity index (χ2v) is 7.43. The largest absolute Gasteiger partial charge is 0.497 e. The molecule has 2 aliphatic rings. The Balaban J connectivity index is 1.84. The molecule has 4 rings (SSSR count). The van der Waals surface area contributed by atoms with Crippen molar-refractivity contribution in [1.82, 2.24) is 0 Å². The average Bonchev–Trinajstić information content (AvgIpc) is 3.29. The highest BCUT2D eigenvalue weighted by atomic mass is 79.9. The topological polar surface area (TPSA) is 74.3 Å². The second-order valence-electron chi connectivity index (χ2n) is 6.58. The summed E-state index contributed by atoms with van der Waals surface area (Å²) >= 11 is 3.49. The number of hydrogen-bond acceptors (Lipinski definition) is 6. The van der Waals surface area contributed by atoms with Gasteiger partial charge in [0.15, 0.2) is 11.5 Å². The number of amides is 1. The third-order valence-electron chi connectivity index (χ3n) is 4.89. The molecule has 0 N–H and O–H groups in total. The number of benzene rings is 2. The SMILES string of the molecule is COC(=O)C1=C(C)N(c2cccc(OC)c2)C(=O)/C1=C\c1cc2c(cc1Br)OCO2. The van der Waals surface area contributed by atoms with Gasteiger partial charge in [0.25, 0.3) is 5.91 Å². The van der Waals surface area contributed by atoms with E-state index in [1.54, 1.807) is 56.5 Å². The smallest absolute Gasteiger partial charge is 0.340 e. The van der Waals surface area contributed by atoms with Crippen LogP contribution in [0.4, 0.5) is 5.69 Å². The molecule has 0 radical (unpaired) electrons. The molecule has 0 atom stereocenters. The summed E-state index contributed by atoms with van der Waals surface area (Å²) in [7, 11) is 2.84. The fourth-order valence-corrected chi connectivity index (χ4v) is 3.88. The first-order valence-electron chi connectivity index (χ1n) is 9.03. The number of rotatable bonds is 4. The van der Waals surface area contributed by atoms with E-state index in [2.05, 4.69) is 15.9 Å². The lowest BCUT2D eigenvalue weighted by atomic mass is 10.0. The highest BCUT2D eigenvalue weighted by molar-refractivity contribution is 9.10. The molecule has 0 aromatic heterocycles. The van der Waals surface area contributed by atoms with Crippen LogP contribution in [0, 0.1) is 0 Å². The van der Waals surface area contributed by atoms with Crippen LogP contribution in [0.25, 0.3) is 6.08 Å². The third-order valence-corrected chi connectivity index (χ3v) is 5.58. The molecule has 2 aromatic rings. The molecule has 0 fully saturated rings. The highest BCUT2D eigenvalue weighted by Crippen LogP contribution is 2.40. The van der Waals surface area contributed by atoms with E-state index in [0.29, 0.717) is 38.7 Å². The number of fused-ring (bicyclic) bond motifs is 1. The minimum Gasteiger partial charge on any atom is -0.497 e. The molecule has 1 amide bonds. The van der Waals surface area contributed by atoms with Gasteiger partial charge in [-0.3, -0.25) is 9.69 Å². The minimum atomic E-state index is -0.589. The molecule has 2 aliphatic heterocycles. The number of halogens is 1. The third kappa shape index (κ3) is 3.33. The molecule has 0 bridgehead atoms. The number of methoxy groups -OCH3 is 2. The van der Waals surface area contributed by atoms with Gasteiger partial charge in [-0.05, 0) is 42.8 Å². The lowest BCUT2D eigenvalue weighted by Gasteiger charge is -2.18. The zero-order valence-corrected chi connectivity index (χ0v) is 18.1. The van der Waals surface area contributed by atoms with Gasteiger partial charge in [0.1, 0.15) is 5.75 Å². The first kappa shape index (κ1) is 20.0. The van der Waals surface area contributed by atoms with E-state index >= 15 is 0 Å². The van der Waals surface area contributed by atoms with Gasteiger partial charge >= 0.3 is 5.97 Å². The van der Waals surface area contributed by atoms with Crippen molar-refractivity contribution < 1.29 is 28.5 Å². The van der Waals surface area contributed by atoms with E-state index in [1.165, 1.54) is 12.0 Å². The molecule has 154 valence electrons. The number of nitrogens with zero attached hydrogens (tertiary/aromatic N) is 1. The van der Waals surface area contributed by atoms with E-state index in [-0.39, 0.29) is 23.8 Å². The predicted molar refractivity (Wildman–Crippen MR) is 113 cm³/mol. The first-order chi connectivity index (χ1) is 14.4. The lowest BCUT2D eigenvalue weighted by Crippen LogP contribution is -2.24. The standard InChI is InChI=1S/C22H18BrNO6/c1-12-20(22(26)28-3)16(7-13-8-18-19(10-17(13)23)30-11-29-18)21(25)24(12)14-5-4-6-15(9-14)27-2/h4-10H,11H2,1-3H3/b16-7-. The summed E-state index contributed by atoms with van der Waals surface area (Å²) in [4.78, 5) is 27.4. The van der Waals surface area contributed by atoms with Gasteiger partial charge in [-0.25, -0.2) is 4.79 Å². The Hall–Kier alpha value is -3.26. The quantitative estimate of drug-likeness (QED) is 0.494. The number of ether oxygens (including phenoxy) is 4. The van der Waals surface area contributed by atoms with E-state index in [0.717, 1.165) is 0 Å².